The number of carbonyl (C=O) groups excluding carboxylic acids is 2. The number of amides is 3. The number of methoxy groups -OCH3 is 1. The molecule has 2 aromatic rings. The predicted molar refractivity (Wildman–Crippen MR) is 109 cm³/mol. The van der Waals surface area contributed by atoms with Crippen LogP contribution in [0, 0.1) is 13.8 Å². The number of urea groups is 1. The Bertz CT molecular complexity index is 845. The van der Waals surface area contributed by atoms with Gasteiger partial charge in [-0.25, -0.2) is 4.79 Å². The van der Waals surface area contributed by atoms with Crippen LogP contribution in [-0.2, 0) is 11.3 Å². The summed E-state index contributed by atoms with van der Waals surface area (Å²) in [5.41, 5.74) is 3.95. The van der Waals surface area contributed by atoms with Gasteiger partial charge in [0, 0.05) is 24.1 Å². The van der Waals surface area contributed by atoms with Crippen LogP contribution in [0.5, 0.6) is 5.75 Å². The molecule has 0 heterocycles. The summed E-state index contributed by atoms with van der Waals surface area (Å²) in [5.74, 6) is 0.551. The number of anilines is 1. The second-order valence-electron chi connectivity index (χ2n) is 7.45. The molecule has 1 fully saturated rings. The standard InChI is InChI=1S/C22H27N3O3/c1-15-4-11-20(16(2)12-15)23-22(27)24-21(26)14-25(18-7-8-18)13-17-5-9-19(28-3)10-6-17/h4-6,9-12,18H,7-8,13-14H2,1-3H3,(H2,23,24,26,27)/p+1. The van der Waals surface area contributed by atoms with Gasteiger partial charge in [0.1, 0.15) is 12.3 Å². The van der Waals surface area contributed by atoms with Gasteiger partial charge in [-0.05, 0) is 49.7 Å². The van der Waals surface area contributed by atoms with Crippen molar-refractivity contribution in [3.63, 3.8) is 0 Å². The maximum atomic E-state index is 12.4. The molecule has 1 aliphatic carbocycles. The van der Waals surface area contributed by atoms with E-state index in [2.05, 4.69) is 10.6 Å². The number of carbonyl (C=O) groups is 2. The van der Waals surface area contributed by atoms with Crippen molar-refractivity contribution in [1.29, 1.82) is 0 Å². The Morgan fingerprint density at radius 2 is 1.82 bits per heavy atom. The number of hydrogen-bond acceptors (Lipinski definition) is 3. The molecule has 0 spiro atoms. The first-order chi connectivity index (χ1) is 13.4. The summed E-state index contributed by atoms with van der Waals surface area (Å²) in [7, 11) is 1.64. The summed E-state index contributed by atoms with van der Waals surface area (Å²) < 4.78 is 5.19. The predicted octanol–water partition coefficient (Wildman–Crippen LogP) is 2.21. The van der Waals surface area contributed by atoms with Crippen molar-refractivity contribution in [2.24, 2.45) is 0 Å². The van der Waals surface area contributed by atoms with Gasteiger partial charge in [0.25, 0.3) is 5.91 Å². The molecule has 3 rings (SSSR count). The molecule has 3 N–H and O–H groups in total. The lowest BCUT2D eigenvalue weighted by Gasteiger charge is -2.19. The fourth-order valence-electron chi connectivity index (χ4n) is 3.33. The largest absolute Gasteiger partial charge is 0.497 e. The van der Waals surface area contributed by atoms with Crippen LogP contribution in [0.15, 0.2) is 42.5 Å². The van der Waals surface area contributed by atoms with Gasteiger partial charge < -0.3 is 15.0 Å². The maximum Gasteiger partial charge on any atom is 0.326 e. The molecule has 0 saturated heterocycles. The Labute approximate surface area is 165 Å². The summed E-state index contributed by atoms with van der Waals surface area (Å²) in [6, 6.07) is 13.7. The summed E-state index contributed by atoms with van der Waals surface area (Å²) >= 11 is 0. The zero-order valence-corrected chi connectivity index (χ0v) is 16.7. The van der Waals surface area contributed by atoms with Crippen molar-refractivity contribution < 1.29 is 19.2 Å². The number of imide groups is 1. The van der Waals surface area contributed by atoms with E-state index in [0.29, 0.717) is 11.7 Å². The van der Waals surface area contributed by atoms with Crippen molar-refractivity contribution in [2.75, 3.05) is 19.0 Å². The highest BCUT2D eigenvalue weighted by Gasteiger charge is 2.34. The Balaban J connectivity index is 1.54. The Hall–Kier alpha value is -2.86. The van der Waals surface area contributed by atoms with Crippen LogP contribution in [0.1, 0.15) is 29.5 Å². The van der Waals surface area contributed by atoms with Crippen LogP contribution in [-0.4, -0.2) is 31.6 Å². The van der Waals surface area contributed by atoms with Crippen LogP contribution >= 0.6 is 0 Å². The molecule has 6 nitrogen and oxygen atoms in total. The first-order valence-corrected chi connectivity index (χ1v) is 9.60. The molecular formula is C22H28N3O3+. The molecule has 1 aliphatic rings. The van der Waals surface area contributed by atoms with E-state index >= 15 is 0 Å². The monoisotopic (exact) mass is 382 g/mol. The number of hydrogen-bond donors (Lipinski definition) is 3. The third kappa shape index (κ3) is 5.57. The molecule has 0 aromatic heterocycles. The van der Waals surface area contributed by atoms with Crippen molar-refractivity contribution >= 4 is 17.6 Å². The molecule has 0 bridgehead atoms. The summed E-state index contributed by atoms with van der Waals surface area (Å²) in [6.45, 7) is 4.95. The minimum atomic E-state index is -0.489. The van der Waals surface area contributed by atoms with Gasteiger partial charge in [0.2, 0.25) is 0 Å². The molecule has 1 atom stereocenters. The fourth-order valence-corrected chi connectivity index (χ4v) is 3.33. The zero-order chi connectivity index (χ0) is 20.1. The Kier molecular flexibility index (Phi) is 6.31. The van der Waals surface area contributed by atoms with E-state index in [9.17, 15) is 9.59 Å². The lowest BCUT2D eigenvalue weighted by atomic mass is 10.1. The average Bonchev–Trinajstić information content (AvgIpc) is 3.49. The topological polar surface area (TPSA) is 71.9 Å². The summed E-state index contributed by atoms with van der Waals surface area (Å²) in [6.07, 6.45) is 2.24. The third-order valence-corrected chi connectivity index (χ3v) is 5.02. The van der Waals surface area contributed by atoms with Gasteiger partial charge in [-0.1, -0.05) is 17.7 Å². The van der Waals surface area contributed by atoms with E-state index in [4.69, 9.17) is 4.74 Å². The molecule has 0 radical (unpaired) electrons. The van der Waals surface area contributed by atoms with Gasteiger partial charge in [-0.2, -0.15) is 0 Å². The second kappa shape index (κ2) is 8.89. The second-order valence-corrected chi connectivity index (χ2v) is 7.45. The van der Waals surface area contributed by atoms with Crippen LogP contribution < -0.4 is 20.3 Å². The highest BCUT2D eigenvalue weighted by atomic mass is 16.5. The van der Waals surface area contributed by atoms with Gasteiger partial charge >= 0.3 is 6.03 Å². The van der Waals surface area contributed by atoms with Gasteiger partial charge in [0.05, 0.1) is 13.2 Å². The van der Waals surface area contributed by atoms with Crippen LogP contribution in [0.3, 0.4) is 0 Å². The zero-order valence-electron chi connectivity index (χ0n) is 16.7. The first-order valence-electron chi connectivity index (χ1n) is 9.60. The maximum absolute atomic E-state index is 12.4. The third-order valence-electron chi connectivity index (χ3n) is 5.02. The smallest absolute Gasteiger partial charge is 0.326 e. The van der Waals surface area contributed by atoms with E-state index in [1.807, 2.05) is 56.3 Å². The van der Waals surface area contributed by atoms with Crippen LogP contribution in [0.4, 0.5) is 10.5 Å². The van der Waals surface area contributed by atoms with Crippen LogP contribution in [0.2, 0.25) is 0 Å². The Morgan fingerprint density at radius 3 is 2.43 bits per heavy atom. The van der Waals surface area contributed by atoms with Gasteiger partial charge in [-0.15, -0.1) is 0 Å². The number of aryl methyl sites for hydroxylation is 2. The number of quaternary nitrogens is 1. The molecule has 1 saturated carbocycles. The molecule has 1 unspecified atom stereocenters. The van der Waals surface area contributed by atoms with Crippen LogP contribution in [0.25, 0.3) is 0 Å². The number of ether oxygens (including phenoxy) is 1. The number of nitrogens with one attached hydrogen (secondary N) is 3. The fraction of sp³-hybridized carbons (Fsp3) is 0.364. The Morgan fingerprint density at radius 1 is 1.11 bits per heavy atom. The molecule has 6 heteroatoms. The SMILES string of the molecule is COc1ccc(C[NH+](CC(=O)NC(=O)Nc2ccc(C)cc2C)C2CC2)cc1. The van der Waals surface area contributed by atoms with E-state index in [-0.39, 0.29) is 12.5 Å². The minimum Gasteiger partial charge on any atom is -0.497 e. The number of rotatable bonds is 7. The molecule has 0 aliphatic heterocycles. The molecule has 148 valence electrons. The van der Waals surface area contributed by atoms with Crippen molar-refractivity contribution in [2.45, 2.75) is 39.3 Å². The molecular weight excluding hydrogens is 354 g/mol. The average molecular weight is 382 g/mol. The lowest BCUT2D eigenvalue weighted by Crippen LogP contribution is -3.13. The van der Waals surface area contributed by atoms with E-state index in [1.54, 1.807) is 7.11 Å². The van der Waals surface area contributed by atoms with Crippen molar-refractivity contribution in [3.8, 4) is 5.75 Å². The highest BCUT2D eigenvalue weighted by Crippen LogP contribution is 2.17. The summed E-state index contributed by atoms with van der Waals surface area (Å²) in [5, 5.41) is 5.21. The molecule has 2 aromatic carbocycles. The van der Waals surface area contributed by atoms with E-state index in [1.165, 1.54) is 4.90 Å². The van der Waals surface area contributed by atoms with Gasteiger partial charge in [-0.3, -0.25) is 10.1 Å². The van der Waals surface area contributed by atoms with Gasteiger partial charge in [0.15, 0.2) is 6.54 Å². The highest BCUT2D eigenvalue weighted by molar-refractivity contribution is 6.01. The van der Waals surface area contributed by atoms with E-state index < -0.39 is 6.03 Å². The van der Waals surface area contributed by atoms with Crippen molar-refractivity contribution in [1.82, 2.24) is 5.32 Å². The quantitative estimate of drug-likeness (QED) is 0.688. The molecule has 28 heavy (non-hydrogen) atoms. The number of benzene rings is 2. The van der Waals surface area contributed by atoms with E-state index in [0.717, 1.165) is 41.8 Å². The van der Waals surface area contributed by atoms with Crippen molar-refractivity contribution in [3.05, 3.63) is 59.2 Å². The molecule has 3 amide bonds. The lowest BCUT2D eigenvalue weighted by molar-refractivity contribution is -0.917. The first kappa shape index (κ1) is 19.9. The normalized spacial score (nSPS) is 14.2. The summed E-state index contributed by atoms with van der Waals surface area (Å²) in [4.78, 5) is 25.8. The minimum absolute atomic E-state index is 0.266.